The maximum absolute atomic E-state index is 12.1. The molecule has 1 heterocycles. The summed E-state index contributed by atoms with van der Waals surface area (Å²) >= 11 is 0. The van der Waals surface area contributed by atoms with Crippen LogP contribution in [0.15, 0.2) is 97.1 Å². The van der Waals surface area contributed by atoms with E-state index >= 15 is 0 Å². The van der Waals surface area contributed by atoms with Crippen LogP contribution < -0.4 is 26.0 Å². The summed E-state index contributed by atoms with van der Waals surface area (Å²) in [6.45, 7) is 9.43. The number of hydrogen-bond acceptors (Lipinski definition) is 7. The van der Waals surface area contributed by atoms with Crippen LogP contribution in [-0.2, 0) is 4.79 Å². The van der Waals surface area contributed by atoms with Gasteiger partial charge in [0.05, 0.1) is 5.70 Å². The number of amides is 1. The normalized spacial score (nSPS) is 11.1. The van der Waals surface area contributed by atoms with Crippen molar-refractivity contribution in [3.05, 3.63) is 97.1 Å². The Morgan fingerprint density at radius 1 is 1.03 bits per heavy atom. The molecule has 0 radical (unpaired) electrons. The molecule has 0 atom stereocenters. The van der Waals surface area contributed by atoms with Crippen molar-refractivity contribution in [1.82, 2.24) is 9.97 Å². The average molecular weight is 473 g/mol. The summed E-state index contributed by atoms with van der Waals surface area (Å²) in [6.07, 6.45) is 6.81. The number of benzene rings is 2. The van der Waals surface area contributed by atoms with Crippen molar-refractivity contribution < 1.29 is 9.53 Å². The van der Waals surface area contributed by atoms with Gasteiger partial charge in [-0.2, -0.15) is 0 Å². The fraction of sp³-hybridized carbons (Fsp3) is 0.148. The van der Waals surface area contributed by atoms with Crippen LogP contribution in [0.1, 0.15) is 20.8 Å². The number of para-hydroxylation sites is 1. The summed E-state index contributed by atoms with van der Waals surface area (Å²) in [6, 6.07) is 17.0. The summed E-state index contributed by atoms with van der Waals surface area (Å²) in [5.41, 5.74) is 14.3. The van der Waals surface area contributed by atoms with E-state index in [1.54, 1.807) is 30.1 Å². The molecule has 3 aromatic rings. The van der Waals surface area contributed by atoms with Crippen molar-refractivity contribution in [3.63, 3.8) is 0 Å². The van der Waals surface area contributed by atoms with Crippen molar-refractivity contribution in [2.45, 2.75) is 20.8 Å². The minimum Gasteiger partial charge on any atom is -0.457 e. The van der Waals surface area contributed by atoms with Gasteiger partial charge >= 0.3 is 0 Å². The lowest BCUT2D eigenvalue weighted by molar-refractivity contribution is -0.107. The third kappa shape index (κ3) is 6.94. The predicted octanol–water partition coefficient (Wildman–Crippen LogP) is 5.54. The number of anilines is 4. The van der Waals surface area contributed by atoms with Gasteiger partial charge in [0.25, 0.3) is 0 Å². The van der Waals surface area contributed by atoms with Gasteiger partial charge in [0, 0.05) is 18.4 Å². The van der Waals surface area contributed by atoms with Crippen molar-refractivity contribution in [2.75, 3.05) is 22.6 Å². The van der Waals surface area contributed by atoms with E-state index in [9.17, 15) is 4.79 Å². The molecule has 4 N–H and O–H groups in total. The monoisotopic (exact) mass is 472 g/mol. The molecule has 0 aliphatic carbocycles. The third-order valence-electron chi connectivity index (χ3n) is 4.65. The smallest absolute Gasteiger partial charge is 0.219 e. The minimum atomic E-state index is 0.213. The van der Waals surface area contributed by atoms with Crippen LogP contribution in [0.4, 0.5) is 23.0 Å². The van der Waals surface area contributed by atoms with Crippen LogP contribution >= 0.6 is 0 Å². The highest BCUT2D eigenvalue weighted by atomic mass is 16.5. The van der Waals surface area contributed by atoms with Gasteiger partial charge < -0.3 is 21.1 Å². The topological polar surface area (TPSA) is 111 Å². The summed E-state index contributed by atoms with van der Waals surface area (Å²) in [5, 5.41) is 0. The summed E-state index contributed by atoms with van der Waals surface area (Å²) in [7, 11) is 1.81. The molecular formula is C27H32N6O2. The van der Waals surface area contributed by atoms with Gasteiger partial charge in [-0.15, -0.1) is 0 Å². The van der Waals surface area contributed by atoms with Gasteiger partial charge in [0.2, 0.25) is 6.41 Å². The molecule has 1 aromatic heterocycles. The molecule has 182 valence electrons. The van der Waals surface area contributed by atoms with Gasteiger partial charge in [-0.3, -0.25) is 9.69 Å². The molecule has 0 saturated carbocycles. The third-order valence-corrected chi connectivity index (χ3v) is 4.65. The lowest BCUT2D eigenvalue weighted by atomic mass is 10.2. The van der Waals surface area contributed by atoms with E-state index in [1.807, 2.05) is 75.5 Å². The molecule has 8 heteroatoms. The molecule has 35 heavy (non-hydrogen) atoms. The van der Waals surface area contributed by atoms with Crippen LogP contribution in [0.25, 0.3) is 0 Å². The standard InChI is InChI=1S/C25H26N6O2.C2H6/c1-4-8-20(15-18(2)26)31(17-32)25-23(24(27)28-16-29-25)30(3)19-11-13-22(14-12-19)33-21-9-6-5-7-10-21;1-2/h4-17H,1,26H2,2-3H3,(H2,27,28,29);1-2H3/b18-15+,20-8+;. The molecule has 2 aromatic carbocycles. The van der Waals surface area contributed by atoms with E-state index in [-0.39, 0.29) is 5.82 Å². The predicted molar refractivity (Wildman–Crippen MR) is 144 cm³/mol. The average Bonchev–Trinajstić information content (AvgIpc) is 2.86. The summed E-state index contributed by atoms with van der Waals surface area (Å²) in [4.78, 5) is 23.7. The number of ether oxygens (including phenoxy) is 1. The molecule has 0 unspecified atom stereocenters. The Morgan fingerprint density at radius 2 is 1.66 bits per heavy atom. The second-order valence-corrected chi connectivity index (χ2v) is 7.09. The number of nitrogen functional groups attached to an aromatic ring is 1. The van der Waals surface area contributed by atoms with Crippen LogP contribution in [-0.4, -0.2) is 23.4 Å². The largest absolute Gasteiger partial charge is 0.457 e. The van der Waals surface area contributed by atoms with E-state index in [2.05, 4.69) is 16.5 Å². The van der Waals surface area contributed by atoms with E-state index < -0.39 is 0 Å². The number of nitrogens with two attached hydrogens (primary N) is 2. The van der Waals surface area contributed by atoms with E-state index in [0.717, 1.165) is 11.4 Å². The van der Waals surface area contributed by atoms with E-state index in [0.29, 0.717) is 35.1 Å². The minimum absolute atomic E-state index is 0.213. The first-order valence-electron chi connectivity index (χ1n) is 11.1. The molecule has 3 rings (SSSR count). The highest BCUT2D eigenvalue weighted by molar-refractivity contribution is 5.91. The van der Waals surface area contributed by atoms with Crippen LogP contribution in [0.2, 0.25) is 0 Å². The van der Waals surface area contributed by atoms with Crippen molar-refractivity contribution >= 4 is 29.4 Å². The van der Waals surface area contributed by atoms with Gasteiger partial charge in [0.15, 0.2) is 11.6 Å². The Balaban J connectivity index is 0.00000210. The number of carbonyl (C=O) groups excluding carboxylic acids is 1. The highest BCUT2D eigenvalue weighted by Crippen LogP contribution is 2.37. The van der Waals surface area contributed by atoms with E-state index in [1.165, 1.54) is 11.2 Å². The van der Waals surface area contributed by atoms with Gasteiger partial charge in [-0.25, -0.2) is 9.97 Å². The quantitative estimate of drug-likeness (QED) is 0.311. The maximum atomic E-state index is 12.1. The van der Waals surface area contributed by atoms with Crippen molar-refractivity contribution in [1.29, 1.82) is 0 Å². The zero-order chi connectivity index (χ0) is 25.8. The zero-order valence-electron chi connectivity index (χ0n) is 20.6. The number of hydrogen-bond donors (Lipinski definition) is 2. The Hall–Kier alpha value is -4.59. The second-order valence-electron chi connectivity index (χ2n) is 7.09. The lowest BCUT2D eigenvalue weighted by Crippen LogP contribution is -2.25. The molecule has 0 spiro atoms. The Labute approximate surface area is 206 Å². The second kappa shape index (κ2) is 13.2. The van der Waals surface area contributed by atoms with Crippen molar-refractivity contribution in [2.24, 2.45) is 5.73 Å². The maximum Gasteiger partial charge on any atom is 0.219 e. The number of aromatic nitrogens is 2. The number of nitrogens with zero attached hydrogens (tertiary/aromatic N) is 4. The number of allylic oxidation sites excluding steroid dienone is 4. The molecule has 1 amide bonds. The summed E-state index contributed by atoms with van der Waals surface area (Å²) < 4.78 is 5.86. The lowest BCUT2D eigenvalue weighted by Gasteiger charge is -2.27. The van der Waals surface area contributed by atoms with Crippen LogP contribution in [0.3, 0.4) is 0 Å². The molecule has 0 saturated heterocycles. The molecule has 0 aliphatic heterocycles. The van der Waals surface area contributed by atoms with Crippen molar-refractivity contribution in [3.8, 4) is 11.5 Å². The van der Waals surface area contributed by atoms with Gasteiger partial charge in [-0.1, -0.05) is 44.7 Å². The Kier molecular flexibility index (Phi) is 10.1. The number of rotatable bonds is 9. The Bertz CT molecular complexity index is 1170. The first-order chi connectivity index (χ1) is 16.9. The zero-order valence-corrected chi connectivity index (χ0v) is 20.6. The molecule has 8 nitrogen and oxygen atoms in total. The van der Waals surface area contributed by atoms with Gasteiger partial charge in [-0.05, 0) is 55.5 Å². The number of carbonyl (C=O) groups is 1. The summed E-state index contributed by atoms with van der Waals surface area (Å²) in [5.74, 6) is 1.94. The van der Waals surface area contributed by atoms with Gasteiger partial charge in [0.1, 0.15) is 23.5 Å². The van der Waals surface area contributed by atoms with Crippen LogP contribution in [0, 0.1) is 0 Å². The molecule has 0 aliphatic rings. The van der Waals surface area contributed by atoms with E-state index in [4.69, 9.17) is 16.2 Å². The molecule has 0 bridgehead atoms. The fourth-order valence-electron chi connectivity index (χ4n) is 3.16. The Morgan fingerprint density at radius 3 is 2.23 bits per heavy atom. The fourth-order valence-corrected chi connectivity index (χ4v) is 3.16. The molecular weight excluding hydrogens is 440 g/mol. The highest BCUT2D eigenvalue weighted by Gasteiger charge is 2.22. The molecule has 0 fully saturated rings. The first-order valence-corrected chi connectivity index (χ1v) is 11.1. The van der Waals surface area contributed by atoms with Crippen LogP contribution in [0.5, 0.6) is 11.5 Å². The SMILES string of the molecule is C=C/C=C(\C=C(/C)N)N(C=O)c1ncnc(N)c1N(C)c1ccc(Oc2ccccc2)cc1.CC. The first kappa shape index (κ1) is 26.7.